The minimum Gasteiger partial charge on any atom is -0.462 e. The van der Waals surface area contributed by atoms with Crippen LogP contribution < -0.4 is 16.8 Å². The first-order chi connectivity index (χ1) is 26.7. The first kappa shape index (κ1) is 47.2. The van der Waals surface area contributed by atoms with Gasteiger partial charge in [-0.1, -0.05) is 86.3 Å². The molecule has 0 aromatic heterocycles. The number of ether oxygens (including phenoxy) is 1. The Morgan fingerprint density at radius 3 is 2.25 bits per heavy atom. The zero-order chi connectivity index (χ0) is 41.0. The van der Waals surface area contributed by atoms with Gasteiger partial charge in [0, 0.05) is 43.4 Å². The number of carbonyl (C=O) groups is 2. The van der Waals surface area contributed by atoms with Gasteiger partial charge in [0.05, 0.1) is 0 Å². The fourth-order valence-corrected chi connectivity index (χ4v) is 12.0. The third-order valence-corrected chi connectivity index (χ3v) is 16.8. The number of amides is 1. The standard InChI is InChI=1S/C49H90N4O3/c1-9-48(50,10-2)30-33-52-32-15-16-34-53(35-31-49(51,11-3)12-4)44(54)20-17-21-45(55)56-40-26-28-47(8)39(36-40)22-24-41-42-25-23-38(19-14-13-18-37(5)6)46(42,7)29-27-43(41)47/h22,37-38,40-43,52H,9-21,23-36,50-51H2,1-8H3/t38-,40-,41-,42-,43-,46+,47-/m0/s1. The van der Waals surface area contributed by atoms with Gasteiger partial charge in [-0.25, -0.2) is 0 Å². The van der Waals surface area contributed by atoms with E-state index in [-0.39, 0.29) is 34.5 Å². The molecule has 4 rings (SSSR count). The molecule has 7 nitrogen and oxygen atoms in total. The van der Waals surface area contributed by atoms with Crippen molar-refractivity contribution in [3.63, 3.8) is 0 Å². The average molecular weight is 783 g/mol. The molecule has 0 aromatic rings. The van der Waals surface area contributed by atoms with E-state index in [0.29, 0.717) is 31.2 Å². The molecule has 4 aliphatic rings. The maximum absolute atomic E-state index is 13.5. The molecule has 1 amide bonds. The second-order valence-electron chi connectivity index (χ2n) is 20.4. The monoisotopic (exact) mass is 783 g/mol. The number of rotatable bonds is 25. The molecule has 0 bridgehead atoms. The van der Waals surface area contributed by atoms with E-state index in [2.05, 4.69) is 66.8 Å². The number of nitrogens with two attached hydrogens (primary N) is 2. The van der Waals surface area contributed by atoms with Crippen LogP contribution in [-0.2, 0) is 14.3 Å². The molecule has 4 aliphatic carbocycles. The number of hydrogen-bond acceptors (Lipinski definition) is 6. The Morgan fingerprint density at radius 1 is 0.839 bits per heavy atom. The summed E-state index contributed by atoms with van der Waals surface area (Å²) in [6, 6.07) is 0. The van der Waals surface area contributed by atoms with Crippen LogP contribution in [0.15, 0.2) is 11.6 Å². The van der Waals surface area contributed by atoms with E-state index in [9.17, 15) is 9.59 Å². The zero-order valence-electron chi connectivity index (χ0n) is 38.0. The van der Waals surface area contributed by atoms with Crippen molar-refractivity contribution >= 4 is 11.9 Å². The van der Waals surface area contributed by atoms with Crippen molar-refractivity contribution < 1.29 is 14.3 Å². The van der Waals surface area contributed by atoms with Crippen molar-refractivity contribution in [2.45, 2.75) is 220 Å². The van der Waals surface area contributed by atoms with Gasteiger partial charge in [-0.3, -0.25) is 9.59 Å². The topological polar surface area (TPSA) is 111 Å². The van der Waals surface area contributed by atoms with Crippen molar-refractivity contribution in [2.24, 2.45) is 51.9 Å². The highest BCUT2D eigenvalue weighted by molar-refractivity contribution is 5.77. The minimum atomic E-state index is -0.244. The molecule has 7 atom stereocenters. The molecule has 0 heterocycles. The van der Waals surface area contributed by atoms with Crippen LogP contribution in [0, 0.1) is 40.4 Å². The Hall–Kier alpha value is -1.44. The van der Waals surface area contributed by atoms with Crippen LogP contribution >= 0.6 is 0 Å². The molecule has 5 N–H and O–H groups in total. The SMILES string of the molecule is CCC(N)(CC)CCNCCCCN(CCC(N)(CC)CC)C(=O)CCCC(=O)O[C@H]1CC[C@@]2(C)C(=CC[C@H]3[C@@H]4CC[C@H](CCCCC(C)C)[C@@]4(C)CC[C@@H]32)C1. The Labute approximate surface area is 345 Å². The lowest BCUT2D eigenvalue weighted by atomic mass is 9.47. The van der Waals surface area contributed by atoms with Crippen molar-refractivity contribution in [2.75, 3.05) is 26.2 Å². The molecule has 7 heteroatoms. The number of allylic oxidation sites excluding steroid dienone is 1. The largest absolute Gasteiger partial charge is 0.462 e. The zero-order valence-corrected chi connectivity index (χ0v) is 38.0. The first-order valence-corrected chi connectivity index (χ1v) is 24.1. The summed E-state index contributed by atoms with van der Waals surface area (Å²) in [5.74, 6) is 4.22. The van der Waals surface area contributed by atoms with E-state index in [0.717, 1.165) is 120 Å². The van der Waals surface area contributed by atoms with E-state index in [1.165, 1.54) is 57.8 Å². The predicted molar refractivity (Wildman–Crippen MR) is 235 cm³/mol. The van der Waals surface area contributed by atoms with Crippen molar-refractivity contribution in [1.29, 1.82) is 0 Å². The van der Waals surface area contributed by atoms with Gasteiger partial charge in [0.25, 0.3) is 0 Å². The third-order valence-electron chi connectivity index (χ3n) is 16.8. The van der Waals surface area contributed by atoms with Crippen LogP contribution in [0.1, 0.15) is 203 Å². The van der Waals surface area contributed by atoms with Crippen LogP contribution in [0.4, 0.5) is 0 Å². The van der Waals surface area contributed by atoms with Crippen LogP contribution in [0.25, 0.3) is 0 Å². The molecule has 324 valence electrons. The predicted octanol–water partition coefficient (Wildman–Crippen LogP) is 10.9. The van der Waals surface area contributed by atoms with Gasteiger partial charge >= 0.3 is 5.97 Å². The summed E-state index contributed by atoms with van der Waals surface area (Å²) in [4.78, 5) is 28.7. The minimum absolute atomic E-state index is 0.0271. The van der Waals surface area contributed by atoms with E-state index in [1.807, 2.05) is 4.90 Å². The van der Waals surface area contributed by atoms with E-state index in [1.54, 1.807) is 5.57 Å². The van der Waals surface area contributed by atoms with Crippen LogP contribution in [-0.4, -0.2) is 60.1 Å². The highest BCUT2D eigenvalue weighted by Crippen LogP contribution is 2.67. The van der Waals surface area contributed by atoms with Gasteiger partial charge in [-0.15, -0.1) is 0 Å². The van der Waals surface area contributed by atoms with Crippen molar-refractivity contribution in [3.05, 3.63) is 11.6 Å². The third kappa shape index (κ3) is 12.3. The molecule has 0 saturated heterocycles. The van der Waals surface area contributed by atoms with Gasteiger partial charge < -0.3 is 26.4 Å². The lowest BCUT2D eigenvalue weighted by molar-refractivity contribution is -0.151. The van der Waals surface area contributed by atoms with Crippen LogP contribution in [0.2, 0.25) is 0 Å². The summed E-state index contributed by atoms with van der Waals surface area (Å²) in [7, 11) is 0. The molecule has 0 spiro atoms. The summed E-state index contributed by atoms with van der Waals surface area (Å²) in [5.41, 5.74) is 15.2. The van der Waals surface area contributed by atoms with E-state index >= 15 is 0 Å². The maximum atomic E-state index is 13.5. The molecule has 56 heavy (non-hydrogen) atoms. The van der Waals surface area contributed by atoms with Crippen molar-refractivity contribution in [3.8, 4) is 0 Å². The summed E-state index contributed by atoms with van der Waals surface area (Å²) < 4.78 is 6.16. The quantitative estimate of drug-likeness (QED) is 0.0483. The first-order valence-electron chi connectivity index (χ1n) is 24.1. The Balaban J connectivity index is 1.22. The number of nitrogens with one attached hydrogen (secondary N) is 1. The number of esters is 1. The van der Waals surface area contributed by atoms with Gasteiger partial charge in [0.1, 0.15) is 6.10 Å². The average Bonchev–Trinajstić information content (AvgIpc) is 3.52. The molecule has 0 aliphatic heterocycles. The Kier molecular flexibility index (Phi) is 18.3. The summed E-state index contributed by atoms with van der Waals surface area (Å²) in [6.07, 6.45) is 26.8. The highest BCUT2D eigenvalue weighted by atomic mass is 16.5. The second kappa shape index (κ2) is 21.7. The summed E-state index contributed by atoms with van der Waals surface area (Å²) in [5, 5.41) is 3.56. The Bertz CT molecular complexity index is 1240. The molecular formula is C49H90N4O3. The lowest BCUT2D eigenvalue weighted by Crippen LogP contribution is -2.50. The van der Waals surface area contributed by atoms with Crippen LogP contribution in [0.5, 0.6) is 0 Å². The number of hydrogen-bond donors (Lipinski definition) is 3. The highest BCUT2D eigenvalue weighted by Gasteiger charge is 2.58. The maximum Gasteiger partial charge on any atom is 0.306 e. The Morgan fingerprint density at radius 2 is 1.55 bits per heavy atom. The van der Waals surface area contributed by atoms with Gasteiger partial charge in [-0.05, 0) is 163 Å². The van der Waals surface area contributed by atoms with Gasteiger partial charge in [0.2, 0.25) is 5.91 Å². The van der Waals surface area contributed by atoms with Gasteiger partial charge in [0.15, 0.2) is 0 Å². The van der Waals surface area contributed by atoms with E-state index in [4.69, 9.17) is 16.2 Å². The molecular weight excluding hydrogens is 693 g/mol. The molecule has 0 radical (unpaired) electrons. The fourth-order valence-electron chi connectivity index (χ4n) is 12.0. The van der Waals surface area contributed by atoms with Crippen LogP contribution in [0.3, 0.4) is 0 Å². The number of carbonyl (C=O) groups excluding carboxylic acids is 2. The van der Waals surface area contributed by atoms with Gasteiger partial charge in [-0.2, -0.15) is 0 Å². The number of nitrogens with zero attached hydrogens (tertiary/aromatic N) is 1. The van der Waals surface area contributed by atoms with E-state index < -0.39 is 0 Å². The number of unbranched alkanes of at least 4 members (excludes halogenated alkanes) is 2. The fraction of sp³-hybridized carbons (Fsp3) is 0.918. The summed E-state index contributed by atoms with van der Waals surface area (Å²) >= 11 is 0. The van der Waals surface area contributed by atoms with Crippen molar-refractivity contribution in [1.82, 2.24) is 10.2 Å². The molecule has 3 fully saturated rings. The lowest BCUT2D eigenvalue weighted by Gasteiger charge is -2.58. The molecule has 0 unspecified atom stereocenters. The molecule has 0 aromatic carbocycles. The number of fused-ring (bicyclic) bond motifs is 5. The summed E-state index contributed by atoms with van der Waals surface area (Å²) in [6.45, 7) is 21.8. The molecule has 3 saturated carbocycles. The second-order valence-corrected chi connectivity index (χ2v) is 20.4. The normalized spacial score (nSPS) is 29.1. The smallest absolute Gasteiger partial charge is 0.306 e.